The molecule has 0 saturated carbocycles. The van der Waals surface area contributed by atoms with Crippen molar-refractivity contribution in [3.05, 3.63) is 29.8 Å². The van der Waals surface area contributed by atoms with Crippen molar-refractivity contribution in [3.63, 3.8) is 0 Å². The minimum Gasteiger partial charge on any atom is -0.326 e. The van der Waals surface area contributed by atoms with Crippen molar-refractivity contribution in [2.75, 3.05) is 5.32 Å². The molecule has 0 aromatic heterocycles. The molecule has 0 unspecified atom stereocenters. The maximum Gasteiger partial charge on any atom is 0.227 e. The van der Waals surface area contributed by atoms with Crippen LogP contribution in [0.15, 0.2) is 24.3 Å². The van der Waals surface area contributed by atoms with Gasteiger partial charge in [0.15, 0.2) is 0 Å². The molecule has 0 bridgehead atoms. The second kappa shape index (κ2) is 5.54. The van der Waals surface area contributed by atoms with Crippen LogP contribution in [-0.2, 0) is 4.79 Å². The largest absolute Gasteiger partial charge is 0.326 e. The van der Waals surface area contributed by atoms with Crippen LogP contribution < -0.4 is 5.32 Å². The Hall–Kier alpha value is -1.31. The highest BCUT2D eigenvalue weighted by Crippen LogP contribution is 2.15. The first kappa shape index (κ1) is 11.8. The van der Waals surface area contributed by atoms with Gasteiger partial charge >= 0.3 is 0 Å². The summed E-state index contributed by atoms with van der Waals surface area (Å²) < 4.78 is 0. The molecule has 0 spiro atoms. The molecule has 0 aliphatic rings. The second-order valence-corrected chi connectivity index (χ2v) is 3.99. The molecule has 15 heavy (non-hydrogen) atoms. The molecule has 1 N–H and O–H groups in total. The number of rotatable bonds is 4. The minimum atomic E-state index is 0.0922. The van der Waals surface area contributed by atoms with E-state index in [4.69, 9.17) is 0 Å². The molecule has 0 heterocycles. The zero-order valence-electron chi connectivity index (χ0n) is 9.71. The summed E-state index contributed by atoms with van der Waals surface area (Å²) in [5.41, 5.74) is 2.03. The van der Waals surface area contributed by atoms with Crippen LogP contribution in [0.1, 0.15) is 32.3 Å². The lowest BCUT2D eigenvalue weighted by Gasteiger charge is -2.12. The Balaban J connectivity index is 2.62. The van der Waals surface area contributed by atoms with Crippen LogP contribution in [0.25, 0.3) is 0 Å². The summed E-state index contributed by atoms with van der Waals surface area (Å²) in [6.07, 6.45) is 1.99. The van der Waals surface area contributed by atoms with Crippen LogP contribution in [0.5, 0.6) is 0 Å². The number of nitrogens with one attached hydrogen (secondary N) is 1. The number of benzene rings is 1. The molecule has 1 aromatic carbocycles. The molecule has 0 aliphatic carbocycles. The van der Waals surface area contributed by atoms with Gasteiger partial charge in [-0.3, -0.25) is 4.79 Å². The number of hydrogen-bond acceptors (Lipinski definition) is 1. The maximum atomic E-state index is 11.7. The van der Waals surface area contributed by atoms with Crippen LogP contribution in [0.4, 0.5) is 5.69 Å². The number of carbonyl (C=O) groups excluding carboxylic acids is 1. The van der Waals surface area contributed by atoms with Crippen molar-refractivity contribution in [2.24, 2.45) is 5.92 Å². The second-order valence-electron chi connectivity index (χ2n) is 3.99. The van der Waals surface area contributed by atoms with Gasteiger partial charge in [0.2, 0.25) is 5.91 Å². The monoisotopic (exact) mass is 205 g/mol. The fraction of sp³-hybridized carbons (Fsp3) is 0.462. The Labute approximate surface area is 91.7 Å². The topological polar surface area (TPSA) is 29.1 Å². The van der Waals surface area contributed by atoms with E-state index >= 15 is 0 Å². The fourth-order valence-corrected chi connectivity index (χ4v) is 1.53. The smallest absolute Gasteiger partial charge is 0.227 e. The molecule has 0 fully saturated rings. The number of carbonyl (C=O) groups is 1. The number of hydrogen-bond donors (Lipinski definition) is 1. The van der Waals surface area contributed by atoms with Crippen LogP contribution in [-0.4, -0.2) is 5.91 Å². The van der Waals surface area contributed by atoms with Gasteiger partial charge in [0.1, 0.15) is 0 Å². The summed E-state index contributed by atoms with van der Waals surface area (Å²) in [5.74, 6) is 0.209. The molecule has 0 aliphatic heterocycles. The Morgan fingerprint density at radius 2 is 2.07 bits per heavy atom. The third kappa shape index (κ3) is 3.39. The normalized spacial score (nSPS) is 12.2. The van der Waals surface area contributed by atoms with Crippen LogP contribution in [0.3, 0.4) is 0 Å². The van der Waals surface area contributed by atoms with Crippen molar-refractivity contribution in [1.29, 1.82) is 0 Å². The van der Waals surface area contributed by atoms with Crippen molar-refractivity contribution in [1.82, 2.24) is 0 Å². The SMILES string of the molecule is CCC[C@H](C)C(=O)Nc1ccccc1C. The third-order valence-corrected chi connectivity index (χ3v) is 2.57. The zero-order valence-corrected chi connectivity index (χ0v) is 9.71. The Kier molecular flexibility index (Phi) is 4.35. The summed E-state index contributed by atoms with van der Waals surface area (Å²) >= 11 is 0. The average molecular weight is 205 g/mol. The van der Waals surface area contributed by atoms with Gasteiger partial charge in [0.25, 0.3) is 0 Å². The molecular weight excluding hydrogens is 186 g/mol. The quantitative estimate of drug-likeness (QED) is 0.802. The Morgan fingerprint density at radius 3 is 2.67 bits per heavy atom. The molecule has 1 aromatic rings. The molecule has 0 radical (unpaired) electrons. The molecule has 1 amide bonds. The fourth-order valence-electron chi connectivity index (χ4n) is 1.53. The molecule has 1 atom stereocenters. The van der Waals surface area contributed by atoms with Gasteiger partial charge in [-0.1, -0.05) is 38.5 Å². The number of amides is 1. The predicted octanol–water partition coefficient (Wildman–Crippen LogP) is 3.37. The summed E-state index contributed by atoms with van der Waals surface area (Å²) in [6.45, 7) is 6.06. The Morgan fingerprint density at radius 1 is 1.40 bits per heavy atom. The van der Waals surface area contributed by atoms with Gasteiger partial charge in [0, 0.05) is 11.6 Å². The van der Waals surface area contributed by atoms with Gasteiger partial charge in [-0.25, -0.2) is 0 Å². The summed E-state index contributed by atoms with van der Waals surface area (Å²) in [7, 11) is 0. The molecule has 2 heteroatoms. The van der Waals surface area contributed by atoms with E-state index in [1.54, 1.807) is 0 Å². The highest BCUT2D eigenvalue weighted by Gasteiger charge is 2.12. The van der Waals surface area contributed by atoms with E-state index in [2.05, 4.69) is 12.2 Å². The van der Waals surface area contributed by atoms with Crippen LogP contribution in [0.2, 0.25) is 0 Å². The highest BCUT2D eigenvalue weighted by atomic mass is 16.1. The van der Waals surface area contributed by atoms with E-state index in [1.807, 2.05) is 38.1 Å². The summed E-state index contributed by atoms with van der Waals surface area (Å²) in [4.78, 5) is 11.7. The van der Waals surface area contributed by atoms with Gasteiger partial charge in [-0.15, -0.1) is 0 Å². The van der Waals surface area contributed by atoms with Gasteiger partial charge in [-0.2, -0.15) is 0 Å². The predicted molar refractivity (Wildman–Crippen MR) is 63.9 cm³/mol. The first-order valence-corrected chi connectivity index (χ1v) is 5.51. The van der Waals surface area contributed by atoms with E-state index in [0.717, 1.165) is 24.1 Å². The highest BCUT2D eigenvalue weighted by molar-refractivity contribution is 5.92. The van der Waals surface area contributed by atoms with Crippen LogP contribution >= 0.6 is 0 Å². The standard InChI is InChI=1S/C13H19NO/c1-4-7-11(3)13(15)14-12-9-6-5-8-10(12)2/h5-6,8-9,11H,4,7H2,1-3H3,(H,14,15)/t11-/m0/s1. The van der Waals surface area contributed by atoms with Crippen molar-refractivity contribution < 1.29 is 4.79 Å². The van der Waals surface area contributed by atoms with Gasteiger partial charge in [-0.05, 0) is 25.0 Å². The Bertz CT molecular complexity index is 333. The van der Waals surface area contributed by atoms with E-state index < -0.39 is 0 Å². The van der Waals surface area contributed by atoms with Gasteiger partial charge < -0.3 is 5.32 Å². The third-order valence-electron chi connectivity index (χ3n) is 2.57. The molecule has 1 rings (SSSR count). The van der Waals surface area contributed by atoms with E-state index in [-0.39, 0.29) is 11.8 Å². The van der Waals surface area contributed by atoms with Gasteiger partial charge in [0.05, 0.1) is 0 Å². The first-order chi connectivity index (χ1) is 7.15. The van der Waals surface area contributed by atoms with E-state index in [9.17, 15) is 4.79 Å². The number of para-hydroxylation sites is 1. The lowest BCUT2D eigenvalue weighted by Crippen LogP contribution is -2.20. The zero-order chi connectivity index (χ0) is 11.3. The molecule has 82 valence electrons. The average Bonchev–Trinajstić information content (AvgIpc) is 2.21. The van der Waals surface area contributed by atoms with Crippen molar-refractivity contribution in [3.8, 4) is 0 Å². The lowest BCUT2D eigenvalue weighted by molar-refractivity contribution is -0.119. The van der Waals surface area contributed by atoms with Crippen molar-refractivity contribution in [2.45, 2.75) is 33.6 Å². The molecule has 0 saturated heterocycles. The number of anilines is 1. The first-order valence-electron chi connectivity index (χ1n) is 5.51. The van der Waals surface area contributed by atoms with E-state index in [1.165, 1.54) is 0 Å². The van der Waals surface area contributed by atoms with Crippen molar-refractivity contribution >= 4 is 11.6 Å². The lowest BCUT2D eigenvalue weighted by atomic mass is 10.1. The van der Waals surface area contributed by atoms with E-state index in [0.29, 0.717) is 0 Å². The molecule has 2 nitrogen and oxygen atoms in total. The maximum absolute atomic E-state index is 11.7. The molecular formula is C13H19NO. The minimum absolute atomic E-state index is 0.0922. The number of aryl methyl sites for hydroxylation is 1. The summed E-state index contributed by atoms with van der Waals surface area (Å²) in [6, 6.07) is 7.85. The summed E-state index contributed by atoms with van der Waals surface area (Å²) in [5, 5.41) is 2.96. The van der Waals surface area contributed by atoms with Crippen LogP contribution in [0, 0.1) is 12.8 Å².